The van der Waals surface area contributed by atoms with Crippen LogP contribution in [-0.2, 0) is 16.1 Å². The van der Waals surface area contributed by atoms with Crippen LogP contribution in [-0.4, -0.2) is 46.2 Å². The summed E-state index contributed by atoms with van der Waals surface area (Å²) in [6.45, 7) is 1.54. The van der Waals surface area contributed by atoms with Crippen LogP contribution < -0.4 is 10.1 Å². The summed E-state index contributed by atoms with van der Waals surface area (Å²) in [6, 6.07) is 19.6. The van der Waals surface area contributed by atoms with Crippen LogP contribution in [0.1, 0.15) is 12.5 Å². The van der Waals surface area contributed by atoms with Crippen LogP contribution in [0, 0.1) is 0 Å². The first-order valence-corrected chi connectivity index (χ1v) is 11.5. The summed E-state index contributed by atoms with van der Waals surface area (Å²) in [5, 5.41) is 20.4. The summed E-state index contributed by atoms with van der Waals surface area (Å²) in [4.78, 5) is 33.7. The predicted octanol–water partition coefficient (Wildman–Crippen LogP) is 5.20. The molecule has 3 rings (SSSR count). The van der Waals surface area contributed by atoms with E-state index < -0.39 is 5.91 Å². The lowest BCUT2D eigenvalue weighted by Crippen LogP contribution is -2.29. The van der Waals surface area contributed by atoms with E-state index in [0.717, 1.165) is 5.56 Å². The van der Waals surface area contributed by atoms with Gasteiger partial charge in [-0.3, -0.25) is 9.59 Å². The number of pyridine rings is 1. The molecule has 0 bridgehead atoms. The minimum atomic E-state index is -0.753. The molecule has 1 heterocycles. The first-order chi connectivity index (χ1) is 17.8. The van der Waals surface area contributed by atoms with Crippen LogP contribution >= 0.6 is 11.6 Å². The van der Waals surface area contributed by atoms with Gasteiger partial charge in [-0.1, -0.05) is 29.8 Å². The summed E-state index contributed by atoms with van der Waals surface area (Å²) in [5.41, 5.74) is 1.10. The Labute approximate surface area is 219 Å². The quantitative estimate of drug-likeness (QED) is 0.131. The number of nitrogens with one attached hydrogen (secondary N) is 1. The van der Waals surface area contributed by atoms with Gasteiger partial charge in [0.05, 0.1) is 12.2 Å². The number of aliphatic hydroxyl groups excluding tert-OH is 1. The number of Topliss-reactive ketones (excluding diaryl/α,β-unsaturated/α-hetero) is 1. The molecule has 2 aromatic carbocycles. The largest absolute Gasteiger partial charge is 0.513 e. The van der Waals surface area contributed by atoms with Gasteiger partial charge >= 0.3 is 0 Å². The van der Waals surface area contributed by atoms with Crippen LogP contribution in [0.25, 0.3) is 0 Å². The number of azo groups is 1. The fourth-order valence-corrected chi connectivity index (χ4v) is 3.00. The van der Waals surface area contributed by atoms with E-state index in [-0.39, 0.29) is 24.0 Å². The van der Waals surface area contributed by atoms with Crippen LogP contribution in [0.2, 0.25) is 5.02 Å². The van der Waals surface area contributed by atoms with Gasteiger partial charge in [0.25, 0.3) is 5.91 Å². The summed E-state index contributed by atoms with van der Waals surface area (Å²) in [6.07, 6.45) is 2.15. The third-order valence-corrected chi connectivity index (χ3v) is 4.95. The molecule has 1 aromatic heterocycles. The average molecular weight is 521 g/mol. The maximum atomic E-state index is 12.2. The van der Waals surface area contributed by atoms with Crippen molar-refractivity contribution >= 4 is 34.9 Å². The highest BCUT2D eigenvalue weighted by atomic mass is 35.5. The van der Waals surface area contributed by atoms with Gasteiger partial charge in [0, 0.05) is 30.9 Å². The smallest absolute Gasteiger partial charge is 0.275 e. The number of carbonyl (C=O) groups is 2. The van der Waals surface area contributed by atoms with Crippen LogP contribution in [0.4, 0.5) is 5.69 Å². The minimum Gasteiger partial charge on any atom is -0.513 e. The Morgan fingerprint density at radius 2 is 1.81 bits per heavy atom. The zero-order chi connectivity index (χ0) is 26.6. The Hall–Kier alpha value is -4.57. The number of amides is 1. The van der Waals surface area contributed by atoms with Crippen molar-refractivity contribution < 1.29 is 19.4 Å². The number of nitrogens with zero attached hydrogens (tertiary/aromatic N) is 5. The Kier molecular flexibility index (Phi) is 9.86. The molecular weight excluding hydrogens is 496 g/mol. The van der Waals surface area contributed by atoms with Gasteiger partial charge in [-0.05, 0) is 55.0 Å². The molecule has 0 spiro atoms. The van der Waals surface area contributed by atoms with Crippen LogP contribution in [0.3, 0.4) is 0 Å². The van der Waals surface area contributed by atoms with Crippen LogP contribution in [0.15, 0.2) is 100 Å². The zero-order valence-electron chi connectivity index (χ0n) is 20.2. The van der Waals surface area contributed by atoms with Crippen molar-refractivity contribution in [3.8, 4) is 11.6 Å². The molecule has 11 heteroatoms. The van der Waals surface area contributed by atoms with E-state index in [0.29, 0.717) is 35.1 Å². The lowest BCUT2D eigenvalue weighted by Gasteiger charge is -2.18. The molecule has 190 valence electrons. The highest BCUT2D eigenvalue weighted by Crippen LogP contribution is 2.23. The van der Waals surface area contributed by atoms with Crippen molar-refractivity contribution in [3.05, 3.63) is 95.5 Å². The molecule has 0 saturated heterocycles. The molecule has 3 aromatic rings. The Morgan fingerprint density at radius 1 is 1.08 bits per heavy atom. The molecule has 0 radical (unpaired) electrons. The van der Waals surface area contributed by atoms with Crippen molar-refractivity contribution in [3.63, 3.8) is 0 Å². The number of carbonyl (C=O) groups excluding carboxylic acids is 2. The molecule has 0 aliphatic carbocycles. The first kappa shape index (κ1) is 27.0. The van der Waals surface area contributed by atoms with E-state index in [2.05, 4.69) is 25.5 Å². The predicted molar refractivity (Wildman–Crippen MR) is 140 cm³/mol. The second-order valence-electron chi connectivity index (χ2n) is 7.76. The Bertz CT molecular complexity index is 1290. The lowest BCUT2D eigenvalue weighted by atomic mass is 10.2. The second kappa shape index (κ2) is 13.5. The number of aromatic nitrogens is 1. The maximum absolute atomic E-state index is 12.2. The molecule has 0 saturated carbocycles. The molecular formula is C26H25ClN6O4. The normalized spacial score (nSPS) is 11.9. The number of ether oxygens (including phenoxy) is 1. The molecule has 0 atom stereocenters. The van der Waals surface area contributed by atoms with Gasteiger partial charge < -0.3 is 20.1 Å². The Morgan fingerprint density at radius 3 is 2.43 bits per heavy atom. The Balaban J connectivity index is 1.84. The first-order valence-electron chi connectivity index (χ1n) is 11.1. The van der Waals surface area contributed by atoms with Crippen molar-refractivity contribution in [2.45, 2.75) is 13.5 Å². The molecule has 10 nitrogen and oxygen atoms in total. The number of aliphatic imine (C=N–C) groups is 1. The SMILES string of the molecule is CC(=O)CNC(=O)C(=CO)N=NC(=Nc1ccc(Oc2ccccn2)cc1)N(C)Cc1ccc(Cl)cc1. The summed E-state index contributed by atoms with van der Waals surface area (Å²) >= 11 is 5.98. The number of halogens is 1. The van der Waals surface area contributed by atoms with Gasteiger partial charge in [0.1, 0.15) is 17.8 Å². The summed E-state index contributed by atoms with van der Waals surface area (Å²) < 4.78 is 5.71. The number of benzene rings is 2. The molecule has 0 aliphatic rings. The second-order valence-corrected chi connectivity index (χ2v) is 8.19. The number of rotatable bonds is 9. The van der Waals surface area contributed by atoms with E-state index >= 15 is 0 Å². The highest BCUT2D eigenvalue weighted by Gasteiger charge is 2.13. The number of hydrogen-bond acceptors (Lipinski definition) is 7. The topological polar surface area (TPSA) is 129 Å². The van der Waals surface area contributed by atoms with Crippen molar-refractivity contribution in [1.29, 1.82) is 0 Å². The fraction of sp³-hybridized carbons (Fsp3) is 0.154. The monoisotopic (exact) mass is 520 g/mol. The number of aliphatic hydroxyl groups is 1. The number of ketones is 1. The molecule has 0 fully saturated rings. The third-order valence-electron chi connectivity index (χ3n) is 4.70. The lowest BCUT2D eigenvalue weighted by molar-refractivity contribution is -0.122. The highest BCUT2D eigenvalue weighted by molar-refractivity contribution is 6.30. The van der Waals surface area contributed by atoms with Crippen molar-refractivity contribution in [1.82, 2.24) is 15.2 Å². The third kappa shape index (κ3) is 8.86. The molecule has 37 heavy (non-hydrogen) atoms. The number of guanidine groups is 1. The van der Waals surface area contributed by atoms with E-state index in [1.165, 1.54) is 6.92 Å². The number of hydrogen-bond donors (Lipinski definition) is 2. The molecule has 1 amide bonds. The van der Waals surface area contributed by atoms with Crippen molar-refractivity contribution in [2.24, 2.45) is 15.2 Å². The van der Waals surface area contributed by atoms with Crippen LogP contribution in [0.5, 0.6) is 11.6 Å². The molecule has 0 unspecified atom stereocenters. The molecule has 2 N–H and O–H groups in total. The van der Waals surface area contributed by atoms with E-state index in [4.69, 9.17) is 16.3 Å². The average Bonchev–Trinajstić information content (AvgIpc) is 2.90. The minimum absolute atomic E-state index is 0.159. The maximum Gasteiger partial charge on any atom is 0.275 e. The van der Waals surface area contributed by atoms with Gasteiger partial charge in [-0.15, -0.1) is 10.2 Å². The summed E-state index contributed by atoms with van der Waals surface area (Å²) in [7, 11) is 1.75. The van der Waals surface area contributed by atoms with E-state index in [1.807, 2.05) is 18.2 Å². The molecule has 0 aliphatic heterocycles. The van der Waals surface area contributed by atoms with Gasteiger partial charge in [-0.2, -0.15) is 0 Å². The van der Waals surface area contributed by atoms with E-state index in [1.54, 1.807) is 66.7 Å². The van der Waals surface area contributed by atoms with Crippen molar-refractivity contribution in [2.75, 3.05) is 13.6 Å². The zero-order valence-corrected chi connectivity index (χ0v) is 21.0. The van der Waals surface area contributed by atoms with E-state index in [9.17, 15) is 14.7 Å². The standard InChI is InChI=1S/C26H25ClN6O4/c1-18(35)15-29-25(36)23(17-34)31-32-26(33(2)16-19-6-8-20(27)9-7-19)30-21-10-12-22(13-11-21)37-24-5-3-4-14-28-24/h3-14,17,34H,15-16H2,1-2H3,(H,29,36). The van der Waals surface area contributed by atoms with Gasteiger partial charge in [0.15, 0.2) is 5.70 Å². The van der Waals surface area contributed by atoms with Gasteiger partial charge in [-0.25, -0.2) is 9.98 Å². The summed E-state index contributed by atoms with van der Waals surface area (Å²) in [5.74, 6) is 0.192. The fourth-order valence-electron chi connectivity index (χ4n) is 2.87. The van der Waals surface area contributed by atoms with Gasteiger partial charge in [0.2, 0.25) is 11.8 Å².